The van der Waals surface area contributed by atoms with E-state index in [2.05, 4.69) is 44.7 Å². The van der Waals surface area contributed by atoms with E-state index in [1.165, 1.54) is 0 Å². The summed E-state index contributed by atoms with van der Waals surface area (Å²) in [4.78, 5) is 0. The Bertz CT molecular complexity index is 1590. The molecule has 0 unspecified atom stereocenters. The molecule has 0 amide bonds. The first-order valence-corrected chi connectivity index (χ1v) is 12.0. The molecule has 2 N–H and O–H groups in total. The molecular weight excluding hydrogens is 472 g/mol. The van der Waals surface area contributed by atoms with Crippen molar-refractivity contribution in [3.63, 3.8) is 0 Å². The topological polar surface area (TPSA) is 89.9 Å². The summed E-state index contributed by atoms with van der Waals surface area (Å²) >= 11 is 0. The monoisotopic (exact) mass is 496 g/mol. The van der Waals surface area contributed by atoms with Crippen molar-refractivity contribution in [1.82, 2.24) is 0 Å². The van der Waals surface area contributed by atoms with E-state index in [1.807, 2.05) is 60.7 Å². The van der Waals surface area contributed by atoms with E-state index in [9.17, 15) is 10.2 Å². The number of nitrogens with zero attached hydrogens (tertiary/aromatic N) is 4. The van der Waals surface area contributed by atoms with Crippen LogP contribution in [0.25, 0.3) is 21.5 Å². The Balaban J connectivity index is 0.000000155. The normalized spacial score (nSPS) is 11.2. The Morgan fingerprint density at radius 1 is 0.342 bits per heavy atom. The van der Waals surface area contributed by atoms with Gasteiger partial charge in [-0.05, 0) is 71.4 Å². The first kappa shape index (κ1) is 24.3. The van der Waals surface area contributed by atoms with Crippen molar-refractivity contribution in [2.75, 3.05) is 0 Å². The van der Waals surface area contributed by atoms with E-state index in [4.69, 9.17) is 0 Å². The minimum atomic E-state index is 0.226. The number of fused-ring (bicyclic) bond motifs is 2. The molecule has 0 saturated heterocycles. The van der Waals surface area contributed by atoms with Gasteiger partial charge in [0.2, 0.25) is 0 Å². The predicted molar refractivity (Wildman–Crippen MR) is 152 cm³/mol. The molecule has 0 spiro atoms. The van der Waals surface area contributed by atoms with Gasteiger partial charge in [0.1, 0.15) is 11.5 Å². The van der Waals surface area contributed by atoms with Crippen molar-refractivity contribution in [2.45, 2.75) is 0 Å². The molecule has 6 aromatic rings. The maximum Gasteiger partial charge on any atom is 0.115 e. The third-order valence-electron chi connectivity index (χ3n) is 5.78. The maximum absolute atomic E-state index is 9.21. The predicted octanol–water partition coefficient (Wildman–Crippen LogP) is 9.92. The second kappa shape index (κ2) is 11.6. The van der Waals surface area contributed by atoms with Crippen LogP contribution in [-0.2, 0) is 0 Å². The highest BCUT2D eigenvalue weighted by Gasteiger charge is 2.00. The summed E-state index contributed by atoms with van der Waals surface area (Å²) in [5.41, 5.74) is 3.11. The number of phenols is 2. The average molecular weight is 497 g/mol. The van der Waals surface area contributed by atoms with Gasteiger partial charge in [-0.1, -0.05) is 72.8 Å². The quantitative estimate of drug-likeness (QED) is 0.238. The molecule has 38 heavy (non-hydrogen) atoms. The second-order valence-electron chi connectivity index (χ2n) is 8.43. The number of azo groups is 2. The van der Waals surface area contributed by atoms with Crippen LogP contribution < -0.4 is 0 Å². The lowest BCUT2D eigenvalue weighted by Crippen LogP contribution is -1.72. The molecule has 0 aromatic heterocycles. The van der Waals surface area contributed by atoms with Gasteiger partial charge in [-0.15, -0.1) is 10.2 Å². The molecule has 184 valence electrons. The summed E-state index contributed by atoms with van der Waals surface area (Å²) in [7, 11) is 0. The Kier molecular flexibility index (Phi) is 7.42. The van der Waals surface area contributed by atoms with Crippen molar-refractivity contribution < 1.29 is 10.2 Å². The number of hydrogen-bond acceptors (Lipinski definition) is 6. The SMILES string of the molecule is Oc1ccc(N=Nc2cccc3ccccc23)cc1.Oc1ccc(N=Nc2cccc3ccccc23)cc1. The van der Waals surface area contributed by atoms with E-state index in [1.54, 1.807) is 48.5 Å². The maximum atomic E-state index is 9.21. The molecule has 0 radical (unpaired) electrons. The third kappa shape index (κ3) is 6.06. The molecule has 0 saturated carbocycles. The highest BCUT2D eigenvalue weighted by atomic mass is 16.3. The lowest BCUT2D eigenvalue weighted by molar-refractivity contribution is 0.475. The van der Waals surface area contributed by atoms with Gasteiger partial charge >= 0.3 is 0 Å². The van der Waals surface area contributed by atoms with Crippen molar-refractivity contribution in [2.24, 2.45) is 20.5 Å². The summed E-state index contributed by atoms with van der Waals surface area (Å²) in [6, 6.07) is 41.3. The summed E-state index contributed by atoms with van der Waals surface area (Å²) in [5, 5.41) is 39.8. The van der Waals surface area contributed by atoms with Crippen LogP contribution in [0, 0.1) is 0 Å². The fraction of sp³-hybridized carbons (Fsp3) is 0. The molecule has 6 nitrogen and oxygen atoms in total. The fourth-order valence-electron chi connectivity index (χ4n) is 3.85. The third-order valence-corrected chi connectivity index (χ3v) is 5.78. The van der Waals surface area contributed by atoms with Crippen LogP contribution in [0.2, 0.25) is 0 Å². The van der Waals surface area contributed by atoms with Gasteiger partial charge < -0.3 is 10.2 Å². The zero-order valence-electron chi connectivity index (χ0n) is 20.4. The highest BCUT2D eigenvalue weighted by Crippen LogP contribution is 2.29. The first-order valence-electron chi connectivity index (χ1n) is 12.0. The molecule has 0 heterocycles. The number of aromatic hydroxyl groups is 2. The molecule has 6 aromatic carbocycles. The van der Waals surface area contributed by atoms with Gasteiger partial charge in [0, 0.05) is 10.8 Å². The molecule has 0 aliphatic rings. The Morgan fingerprint density at radius 3 is 1.13 bits per heavy atom. The summed E-state index contributed by atoms with van der Waals surface area (Å²) in [6.45, 7) is 0. The number of phenolic OH excluding ortho intramolecular Hbond substituents is 2. The van der Waals surface area contributed by atoms with E-state index in [0.29, 0.717) is 11.4 Å². The largest absolute Gasteiger partial charge is 0.508 e. The molecule has 6 rings (SSSR count). The zero-order valence-corrected chi connectivity index (χ0v) is 20.4. The molecule has 0 aliphatic carbocycles. The number of benzene rings is 6. The molecule has 0 fully saturated rings. The summed E-state index contributed by atoms with van der Waals surface area (Å²) in [6.07, 6.45) is 0. The van der Waals surface area contributed by atoms with Gasteiger partial charge in [0.15, 0.2) is 0 Å². The van der Waals surface area contributed by atoms with Crippen LogP contribution in [0.3, 0.4) is 0 Å². The molecule has 0 bridgehead atoms. The van der Waals surface area contributed by atoms with Gasteiger partial charge in [0.05, 0.1) is 22.7 Å². The average Bonchev–Trinajstić information content (AvgIpc) is 2.97. The molecule has 0 aliphatic heterocycles. The van der Waals surface area contributed by atoms with Gasteiger partial charge in [-0.2, -0.15) is 10.2 Å². The van der Waals surface area contributed by atoms with Crippen LogP contribution in [0.1, 0.15) is 0 Å². The molecular formula is C32H24N4O2. The van der Waals surface area contributed by atoms with Gasteiger partial charge in [-0.3, -0.25) is 0 Å². The molecule has 6 heteroatoms. The van der Waals surface area contributed by atoms with E-state index in [0.717, 1.165) is 32.9 Å². The van der Waals surface area contributed by atoms with Crippen LogP contribution in [0.4, 0.5) is 22.7 Å². The summed E-state index contributed by atoms with van der Waals surface area (Å²) in [5.74, 6) is 0.452. The Morgan fingerprint density at radius 2 is 0.711 bits per heavy atom. The lowest BCUT2D eigenvalue weighted by Gasteiger charge is -2.00. The van der Waals surface area contributed by atoms with Crippen LogP contribution in [0.5, 0.6) is 11.5 Å². The lowest BCUT2D eigenvalue weighted by atomic mass is 10.1. The number of rotatable bonds is 4. The van der Waals surface area contributed by atoms with Crippen molar-refractivity contribution in [3.8, 4) is 11.5 Å². The van der Waals surface area contributed by atoms with Crippen molar-refractivity contribution >= 4 is 44.3 Å². The van der Waals surface area contributed by atoms with E-state index < -0.39 is 0 Å². The van der Waals surface area contributed by atoms with Crippen LogP contribution in [0.15, 0.2) is 154 Å². The Labute approximate surface area is 219 Å². The van der Waals surface area contributed by atoms with Gasteiger partial charge in [0.25, 0.3) is 0 Å². The fourth-order valence-corrected chi connectivity index (χ4v) is 3.85. The highest BCUT2D eigenvalue weighted by molar-refractivity contribution is 5.93. The van der Waals surface area contributed by atoms with Crippen LogP contribution >= 0.6 is 0 Å². The van der Waals surface area contributed by atoms with Crippen molar-refractivity contribution in [1.29, 1.82) is 0 Å². The summed E-state index contributed by atoms with van der Waals surface area (Å²) < 4.78 is 0. The minimum Gasteiger partial charge on any atom is -0.508 e. The Hall–Kier alpha value is -5.36. The van der Waals surface area contributed by atoms with E-state index >= 15 is 0 Å². The zero-order chi connectivity index (χ0) is 26.2. The smallest absolute Gasteiger partial charge is 0.115 e. The number of hydrogen-bond donors (Lipinski definition) is 2. The van der Waals surface area contributed by atoms with Crippen molar-refractivity contribution in [3.05, 3.63) is 133 Å². The van der Waals surface area contributed by atoms with E-state index in [-0.39, 0.29) is 11.5 Å². The van der Waals surface area contributed by atoms with Crippen LogP contribution in [-0.4, -0.2) is 10.2 Å². The van der Waals surface area contributed by atoms with Gasteiger partial charge in [-0.25, -0.2) is 0 Å². The first-order chi connectivity index (χ1) is 18.7. The molecule has 0 atom stereocenters. The standard InChI is InChI=1S/2C16H12N2O/c2*19-14-10-8-13(9-11-14)17-18-16-7-3-5-12-4-1-2-6-15(12)16/h2*1-11,19H. The minimum absolute atomic E-state index is 0.226. The second-order valence-corrected chi connectivity index (χ2v) is 8.43.